The minimum absolute atomic E-state index is 0.621. The SMILES string of the molecule is CCCCCCCCCCCCCCCCCC1N(C)C=CN1CCCCCCCCCCC. The van der Waals surface area contributed by atoms with Crippen LogP contribution < -0.4 is 0 Å². The van der Waals surface area contributed by atoms with Crippen molar-refractivity contribution in [3.05, 3.63) is 12.4 Å². The van der Waals surface area contributed by atoms with Crippen LogP contribution in [0.25, 0.3) is 0 Å². The molecule has 1 rings (SSSR count). The lowest BCUT2D eigenvalue weighted by atomic mass is 10.0. The molecule has 2 heteroatoms. The van der Waals surface area contributed by atoms with Gasteiger partial charge in [-0.3, -0.25) is 0 Å². The summed E-state index contributed by atoms with van der Waals surface area (Å²) in [5, 5.41) is 0. The van der Waals surface area contributed by atoms with Crippen LogP contribution in [-0.4, -0.2) is 29.6 Å². The minimum Gasteiger partial charge on any atom is -0.359 e. The third-order valence-corrected chi connectivity index (χ3v) is 7.93. The molecule has 1 unspecified atom stereocenters. The van der Waals surface area contributed by atoms with Crippen LogP contribution in [0.2, 0.25) is 0 Å². The summed E-state index contributed by atoms with van der Waals surface area (Å²) in [6.07, 6.45) is 41.2. The maximum atomic E-state index is 2.62. The summed E-state index contributed by atoms with van der Waals surface area (Å²) in [6.45, 7) is 5.86. The molecule has 1 atom stereocenters. The van der Waals surface area contributed by atoms with E-state index in [2.05, 4.69) is 43.1 Å². The zero-order valence-corrected chi connectivity index (χ0v) is 24.0. The van der Waals surface area contributed by atoms with E-state index >= 15 is 0 Å². The molecule has 0 aromatic carbocycles. The molecule has 0 saturated carbocycles. The first kappa shape index (κ1) is 31.4. The Labute approximate surface area is 216 Å². The summed E-state index contributed by atoms with van der Waals surface area (Å²) < 4.78 is 0. The van der Waals surface area contributed by atoms with Crippen LogP contribution in [0.15, 0.2) is 12.4 Å². The molecule has 1 aliphatic heterocycles. The normalized spacial score (nSPS) is 15.7. The van der Waals surface area contributed by atoms with Crippen molar-refractivity contribution >= 4 is 0 Å². The van der Waals surface area contributed by atoms with Gasteiger partial charge in [-0.15, -0.1) is 0 Å². The molecule has 1 aliphatic rings. The molecule has 0 fully saturated rings. The van der Waals surface area contributed by atoms with Crippen LogP contribution in [0.1, 0.15) is 174 Å². The molecule has 0 radical (unpaired) electrons. The standard InChI is InChI=1S/C32H64N2/c1-4-6-8-10-12-14-15-16-17-18-19-20-22-24-26-28-32-33(3)30-31-34(32)29-27-25-23-21-13-11-9-7-5-2/h30-32H,4-29H2,1-3H3. The van der Waals surface area contributed by atoms with Crippen LogP contribution in [0.4, 0.5) is 0 Å². The van der Waals surface area contributed by atoms with Crippen LogP contribution in [0.3, 0.4) is 0 Å². The summed E-state index contributed by atoms with van der Waals surface area (Å²) in [6, 6.07) is 0. The summed E-state index contributed by atoms with van der Waals surface area (Å²) in [7, 11) is 2.27. The number of hydrogen-bond acceptors (Lipinski definition) is 2. The molecule has 0 saturated heterocycles. The Balaban J connectivity index is 1.89. The molecule has 0 N–H and O–H groups in total. The topological polar surface area (TPSA) is 6.48 Å². The van der Waals surface area contributed by atoms with Crippen LogP contribution in [-0.2, 0) is 0 Å². The first-order valence-electron chi connectivity index (χ1n) is 16.0. The fraction of sp³-hybridized carbons (Fsp3) is 0.938. The Morgan fingerprint density at radius 3 is 1.21 bits per heavy atom. The second kappa shape index (κ2) is 24.1. The highest BCUT2D eigenvalue weighted by Gasteiger charge is 2.22. The Morgan fingerprint density at radius 1 is 0.441 bits per heavy atom. The third-order valence-electron chi connectivity index (χ3n) is 7.93. The molecule has 202 valence electrons. The highest BCUT2D eigenvalue weighted by atomic mass is 15.4. The van der Waals surface area contributed by atoms with Gasteiger partial charge in [-0.05, 0) is 19.3 Å². The lowest BCUT2D eigenvalue weighted by molar-refractivity contribution is 0.159. The summed E-state index contributed by atoms with van der Waals surface area (Å²) in [5.41, 5.74) is 0. The van der Waals surface area contributed by atoms with Crippen molar-refractivity contribution < 1.29 is 0 Å². The summed E-state index contributed by atoms with van der Waals surface area (Å²) in [5.74, 6) is 0. The Bertz CT molecular complexity index is 433. The van der Waals surface area contributed by atoms with E-state index in [0.717, 1.165) is 0 Å². The molecule has 2 nitrogen and oxygen atoms in total. The van der Waals surface area contributed by atoms with E-state index < -0.39 is 0 Å². The van der Waals surface area contributed by atoms with Gasteiger partial charge in [0.25, 0.3) is 0 Å². The van der Waals surface area contributed by atoms with Crippen LogP contribution in [0, 0.1) is 0 Å². The predicted octanol–water partition coefficient (Wildman–Crippen LogP) is 10.8. The van der Waals surface area contributed by atoms with Gasteiger partial charge in [0, 0.05) is 26.0 Å². The fourth-order valence-electron chi connectivity index (χ4n) is 5.52. The molecule has 0 spiro atoms. The Kier molecular flexibility index (Phi) is 22.2. The second-order valence-corrected chi connectivity index (χ2v) is 11.2. The molecule has 0 aliphatic carbocycles. The smallest absolute Gasteiger partial charge is 0.100 e. The second-order valence-electron chi connectivity index (χ2n) is 11.2. The van der Waals surface area contributed by atoms with Crippen molar-refractivity contribution in [1.82, 2.24) is 9.80 Å². The van der Waals surface area contributed by atoms with Gasteiger partial charge in [-0.1, -0.05) is 155 Å². The molecular weight excluding hydrogens is 412 g/mol. The molecule has 0 bridgehead atoms. The van der Waals surface area contributed by atoms with Gasteiger partial charge in [0.2, 0.25) is 0 Å². The van der Waals surface area contributed by atoms with E-state index in [0.29, 0.717) is 6.17 Å². The van der Waals surface area contributed by atoms with Gasteiger partial charge in [-0.2, -0.15) is 0 Å². The van der Waals surface area contributed by atoms with E-state index in [-0.39, 0.29) is 0 Å². The first-order valence-corrected chi connectivity index (χ1v) is 16.0. The van der Waals surface area contributed by atoms with E-state index in [1.54, 1.807) is 0 Å². The van der Waals surface area contributed by atoms with Gasteiger partial charge < -0.3 is 9.80 Å². The minimum atomic E-state index is 0.621. The van der Waals surface area contributed by atoms with Crippen molar-refractivity contribution in [3.63, 3.8) is 0 Å². The van der Waals surface area contributed by atoms with Gasteiger partial charge in [0.05, 0.1) is 0 Å². The van der Waals surface area contributed by atoms with Gasteiger partial charge in [0.1, 0.15) is 6.17 Å². The first-order chi connectivity index (χ1) is 16.8. The number of rotatable bonds is 26. The quantitative estimate of drug-likeness (QED) is 0.114. The summed E-state index contributed by atoms with van der Waals surface area (Å²) >= 11 is 0. The average molecular weight is 477 g/mol. The zero-order chi connectivity index (χ0) is 24.5. The molecule has 0 aromatic heterocycles. The lowest BCUT2D eigenvalue weighted by Crippen LogP contribution is -2.37. The summed E-state index contributed by atoms with van der Waals surface area (Å²) in [4.78, 5) is 5.06. The molecular formula is C32H64N2. The van der Waals surface area contributed by atoms with Gasteiger partial charge in [0.15, 0.2) is 0 Å². The molecule has 34 heavy (non-hydrogen) atoms. The van der Waals surface area contributed by atoms with Gasteiger partial charge in [-0.25, -0.2) is 0 Å². The van der Waals surface area contributed by atoms with Crippen molar-refractivity contribution in [2.75, 3.05) is 13.6 Å². The van der Waals surface area contributed by atoms with Crippen molar-refractivity contribution in [1.29, 1.82) is 0 Å². The average Bonchev–Trinajstić information content (AvgIpc) is 3.19. The van der Waals surface area contributed by atoms with Crippen molar-refractivity contribution in [2.24, 2.45) is 0 Å². The number of unbranched alkanes of at least 4 members (excludes halogenated alkanes) is 22. The molecule has 0 amide bonds. The van der Waals surface area contributed by atoms with Crippen molar-refractivity contribution in [2.45, 2.75) is 181 Å². The maximum absolute atomic E-state index is 2.62. The van der Waals surface area contributed by atoms with Crippen molar-refractivity contribution in [3.8, 4) is 0 Å². The third kappa shape index (κ3) is 17.7. The van der Waals surface area contributed by atoms with E-state index in [9.17, 15) is 0 Å². The monoisotopic (exact) mass is 477 g/mol. The number of nitrogens with zero attached hydrogens (tertiary/aromatic N) is 2. The van der Waals surface area contributed by atoms with Crippen LogP contribution in [0.5, 0.6) is 0 Å². The lowest BCUT2D eigenvalue weighted by Gasteiger charge is -2.30. The molecule has 1 heterocycles. The van der Waals surface area contributed by atoms with E-state index in [1.165, 1.54) is 167 Å². The van der Waals surface area contributed by atoms with Gasteiger partial charge >= 0.3 is 0 Å². The highest BCUT2D eigenvalue weighted by molar-refractivity contribution is 4.95. The van der Waals surface area contributed by atoms with E-state index in [1.807, 2.05) is 0 Å². The largest absolute Gasteiger partial charge is 0.359 e. The molecule has 0 aromatic rings. The fourth-order valence-corrected chi connectivity index (χ4v) is 5.52. The zero-order valence-electron chi connectivity index (χ0n) is 24.0. The van der Waals surface area contributed by atoms with E-state index in [4.69, 9.17) is 0 Å². The highest BCUT2D eigenvalue weighted by Crippen LogP contribution is 2.21. The predicted molar refractivity (Wildman–Crippen MR) is 154 cm³/mol. The maximum Gasteiger partial charge on any atom is 0.100 e. The Hall–Kier alpha value is -0.660. The number of hydrogen-bond donors (Lipinski definition) is 0. The van der Waals surface area contributed by atoms with Crippen LogP contribution >= 0.6 is 0 Å². The Morgan fingerprint density at radius 2 is 0.794 bits per heavy atom.